The van der Waals surface area contributed by atoms with Gasteiger partial charge in [0.2, 0.25) is 0 Å². The van der Waals surface area contributed by atoms with Gasteiger partial charge in [-0.25, -0.2) is 0 Å². The highest BCUT2D eigenvalue weighted by Gasteiger charge is 2.23. The lowest BCUT2D eigenvalue weighted by atomic mass is 10.1. The fourth-order valence-corrected chi connectivity index (χ4v) is 2.64. The number of hydrogen-bond acceptors (Lipinski definition) is 3. The van der Waals surface area contributed by atoms with E-state index < -0.39 is 0 Å². The topological polar surface area (TPSA) is 39.1 Å². The molecule has 1 unspecified atom stereocenters. The Morgan fingerprint density at radius 2 is 2.33 bits per heavy atom. The van der Waals surface area contributed by atoms with Crippen LogP contribution in [0.2, 0.25) is 0 Å². The van der Waals surface area contributed by atoms with E-state index in [0.29, 0.717) is 6.04 Å². The average Bonchev–Trinajstić information content (AvgIpc) is 2.90. The van der Waals surface area contributed by atoms with E-state index in [1.807, 2.05) is 13.0 Å². The molecule has 1 aliphatic heterocycles. The average molecular weight is 243 g/mol. The van der Waals surface area contributed by atoms with E-state index in [4.69, 9.17) is 0 Å². The quantitative estimate of drug-likeness (QED) is 0.883. The van der Waals surface area contributed by atoms with Gasteiger partial charge < -0.3 is 10.2 Å². The van der Waals surface area contributed by atoms with Gasteiger partial charge in [0.25, 0.3) is 0 Å². The van der Waals surface area contributed by atoms with Gasteiger partial charge in [-0.15, -0.1) is 0 Å². The monoisotopic (exact) mass is 243 g/mol. The van der Waals surface area contributed by atoms with Crippen molar-refractivity contribution in [1.82, 2.24) is 5.32 Å². The highest BCUT2D eigenvalue weighted by Crippen LogP contribution is 2.25. The molecule has 1 aromatic rings. The van der Waals surface area contributed by atoms with Crippen molar-refractivity contribution in [1.29, 1.82) is 5.26 Å². The molecule has 3 heteroatoms. The van der Waals surface area contributed by atoms with Gasteiger partial charge in [-0.3, -0.25) is 0 Å². The molecule has 0 bridgehead atoms. The third kappa shape index (κ3) is 2.65. The molecule has 0 amide bonds. The minimum atomic E-state index is 0.528. The second-order valence-corrected chi connectivity index (χ2v) is 4.97. The zero-order valence-corrected chi connectivity index (χ0v) is 11.2. The Kier molecular flexibility index (Phi) is 4.22. The van der Waals surface area contributed by atoms with E-state index in [9.17, 15) is 5.26 Å². The molecule has 96 valence electrons. The van der Waals surface area contributed by atoms with Crippen molar-refractivity contribution in [3.8, 4) is 6.07 Å². The predicted molar refractivity (Wildman–Crippen MR) is 74.8 cm³/mol. The first-order valence-corrected chi connectivity index (χ1v) is 6.74. The number of hydrogen-bond donors (Lipinski definition) is 1. The summed E-state index contributed by atoms with van der Waals surface area (Å²) in [5.74, 6) is 0. The maximum absolute atomic E-state index is 9.31. The zero-order chi connectivity index (χ0) is 13.0. The van der Waals surface area contributed by atoms with Gasteiger partial charge in [0, 0.05) is 19.1 Å². The Balaban J connectivity index is 2.32. The Morgan fingerprint density at radius 1 is 1.50 bits per heavy atom. The van der Waals surface area contributed by atoms with Crippen molar-refractivity contribution < 1.29 is 0 Å². The van der Waals surface area contributed by atoms with Crippen LogP contribution in [0.4, 0.5) is 5.69 Å². The highest BCUT2D eigenvalue weighted by atomic mass is 15.2. The normalized spacial score (nSPS) is 18.6. The smallest absolute Gasteiger partial charge is 0.101 e. The summed E-state index contributed by atoms with van der Waals surface area (Å²) in [6.45, 7) is 7.35. The van der Waals surface area contributed by atoms with E-state index in [0.717, 1.165) is 42.9 Å². The standard InChI is InChI=1S/C15H21N3/c1-3-8-18(14-6-7-17-11-14)15-5-4-12(2)9-13(15)10-16/h4-5,9,14,17H,3,6-8,11H2,1-2H3. The van der Waals surface area contributed by atoms with Crippen molar-refractivity contribution >= 4 is 5.69 Å². The van der Waals surface area contributed by atoms with Crippen LogP contribution in [0.3, 0.4) is 0 Å². The van der Waals surface area contributed by atoms with Gasteiger partial charge in [-0.1, -0.05) is 13.0 Å². The Bertz CT molecular complexity index is 442. The summed E-state index contributed by atoms with van der Waals surface area (Å²) in [7, 11) is 0. The predicted octanol–water partition coefficient (Wildman–Crippen LogP) is 2.45. The van der Waals surface area contributed by atoms with E-state index in [1.165, 1.54) is 6.42 Å². The van der Waals surface area contributed by atoms with Crippen LogP contribution in [-0.4, -0.2) is 25.7 Å². The van der Waals surface area contributed by atoms with Crippen molar-refractivity contribution in [2.75, 3.05) is 24.5 Å². The largest absolute Gasteiger partial charge is 0.366 e. The molecule has 1 saturated heterocycles. The molecule has 0 saturated carbocycles. The van der Waals surface area contributed by atoms with E-state index in [1.54, 1.807) is 0 Å². The fraction of sp³-hybridized carbons (Fsp3) is 0.533. The fourth-order valence-electron chi connectivity index (χ4n) is 2.64. The van der Waals surface area contributed by atoms with Crippen LogP contribution in [0.15, 0.2) is 18.2 Å². The lowest BCUT2D eigenvalue weighted by Gasteiger charge is -2.31. The van der Waals surface area contributed by atoms with Crippen molar-refractivity contribution in [2.45, 2.75) is 32.7 Å². The van der Waals surface area contributed by atoms with Crippen LogP contribution in [0.25, 0.3) is 0 Å². The van der Waals surface area contributed by atoms with Gasteiger partial charge in [0.1, 0.15) is 6.07 Å². The molecule has 1 N–H and O–H groups in total. The number of nitrogens with zero attached hydrogens (tertiary/aromatic N) is 2. The van der Waals surface area contributed by atoms with Crippen LogP contribution < -0.4 is 10.2 Å². The molecule has 0 radical (unpaired) electrons. The number of anilines is 1. The molecule has 1 heterocycles. The van der Waals surface area contributed by atoms with Crippen LogP contribution in [0.5, 0.6) is 0 Å². The number of rotatable bonds is 4. The van der Waals surface area contributed by atoms with Crippen LogP contribution in [0.1, 0.15) is 30.9 Å². The molecule has 0 aliphatic carbocycles. The number of aryl methyl sites for hydroxylation is 1. The van der Waals surface area contributed by atoms with Crippen molar-refractivity contribution in [3.05, 3.63) is 29.3 Å². The molecule has 1 fully saturated rings. The van der Waals surface area contributed by atoms with Gasteiger partial charge in [0.15, 0.2) is 0 Å². The van der Waals surface area contributed by atoms with Gasteiger partial charge >= 0.3 is 0 Å². The van der Waals surface area contributed by atoms with Crippen LogP contribution >= 0.6 is 0 Å². The molecular weight excluding hydrogens is 222 g/mol. The summed E-state index contributed by atoms with van der Waals surface area (Å²) in [6, 6.07) is 9.05. The third-order valence-corrected chi connectivity index (χ3v) is 3.52. The first-order chi connectivity index (χ1) is 8.76. The lowest BCUT2D eigenvalue weighted by molar-refractivity contribution is 0.625. The summed E-state index contributed by atoms with van der Waals surface area (Å²) in [5.41, 5.74) is 3.05. The van der Waals surface area contributed by atoms with Gasteiger partial charge in [0.05, 0.1) is 11.3 Å². The maximum atomic E-state index is 9.31. The van der Waals surface area contributed by atoms with E-state index in [2.05, 4.69) is 35.3 Å². The number of nitrogens with one attached hydrogen (secondary N) is 1. The number of benzene rings is 1. The molecule has 1 aliphatic rings. The van der Waals surface area contributed by atoms with Crippen LogP contribution in [-0.2, 0) is 0 Å². The van der Waals surface area contributed by atoms with Crippen LogP contribution in [0, 0.1) is 18.3 Å². The van der Waals surface area contributed by atoms with Gasteiger partial charge in [-0.2, -0.15) is 5.26 Å². The molecule has 0 spiro atoms. The summed E-state index contributed by atoms with van der Waals surface area (Å²) in [6.07, 6.45) is 2.27. The third-order valence-electron chi connectivity index (χ3n) is 3.52. The minimum absolute atomic E-state index is 0.528. The second kappa shape index (κ2) is 5.88. The molecule has 0 aromatic heterocycles. The maximum Gasteiger partial charge on any atom is 0.101 e. The Hall–Kier alpha value is -1.53. The minimum Gasteiger partial charge on any atom is -0.366 e. The van der Waals surface area contributed by atoms with E-state index >= 15 is 0 Å². The van der Waals surface area contributed by atoms with E-state index in [-0.39, 0.29) is 0 Å². The molecule has 18 heavy (non-hydrogen) atoms. The second-order valence-electron chi connectivity index (χ2n) is 4.97. The zero-order valence-electron chi connectivity index (χ0n) is 11.2. The lowest BCUT2D eigenvalue weighted by Crippen LogP contribution is -2.38. The number of nitriles is 1. The molecule has 1 aromatic carbocycles. The molecule has 1 atom stereocenters. The highest BCUT2D eigenvalue weighted by molar-refractivity contribution is 5.61. The Morgan fingerprint density at radius 3 is 2.94 bits per heavy atom. The summed E-state index contributed by atoms with van der Waals surface area (Å²) >= 11 is 0. The summed E-state index contributed by atoms with van der Waals surface area (Å²) in [4.78, 5) is 2.40. The SMILES string of the molecule is CCCN(c1ccc(C)cc1C#N)C1CCNC1. The van der Waals surface area contributed by atoms with Gasteiger partial charge in [-0.05, 0) is 44.0 Å². The molecule has 3 nitrogen and oxygen atoms in total. The summed E-state index contributed by atoms with van der Waals surface area (Å²) < 4.78 is 0. The van der Waals surface area contributed by atoms with Crippen molar-refractivity contribution in [2.24, 2.45) is 0 Å². The first kappa shape index (κ1) is 12.9. The first-order valence-electron chi connectivity index (χ1n) is 6.74. The van der Waals surface area contributed by atoms with Crippen molar-refractivity contribution in [3.63, 3.8) is 0 Å². The summed E-state index contributed by atoms with van der Waals surface area (Å²) in [5, 5.41) is 12.7. The Labute approximate surface area is 109 Å². The molecular formula is C15H21N3. The molecule has 2 rings (SSSR count).